The lowest BCUT2D eigenvalue weighted by molar-refractivity contribution is -0.134. The van der Waals surface area contributed by atoms with Gasteiger partial charge < -0.3 is 16.4 Å². The van der Waals surface area contributed by atoms with Crippen LogP contribution in [-0.2, 0) is 15.1 Å². The molecule has 2 amide bonds. The van der Waals surface area contributed by atoms with Crippen LogP contribution in [0.5, 0.6) is 0 Å². The predicted molar refractivity (Wildman–Crippen MR) is 85.4 cm³/mol. The fraction of sp³-hybridized carbons (Fsp3) is 0.688. The van der Waals surface area contributed by atoms with E-state index in [1.807, 2.05) is 12.3 Å². The van der Waals surface area contributed by atoms with Crippen LogP contribution in [0.2, 0.25) is 0 Å². The number of rotatable bonds is 5. The molecule has 0 bridgehead atoms. The van der Waals surface area contributed by atoms with E-state index in [1.54, 1.807) is 10.9 Å². The maximum atomic E-state index is 13.0. The lowest BCUT2D eigenvalue weighted by Crippen LogP contribution is -2.56. The molecule has 2 fully saturated rings. The summed E-state index contributed by atoms with van der Waals surface area (Å²) in [6.07, 6.45) is 8.41. The van der Waals surface area contributed by atoms with Crippen molar-refractivity contribution in [1.29, 1.82) is 0 Å². The number of amides is 2. The van der Waals surface area contributed by atoms with Gasteiger partial charge in [-0.2, -0.15) is 5.10 Å². The van der Waals surface area contributed by atoms with Crippen molar-refractivity contribution in [3.8, 4) is 0 Å². The molecule has 3 rings (SSSR count). The fourth-order valence-electron chi connectivity index (χ4n) is 3.90. The first-order valence-electron chi connectivity index (χ1n) is 8.38. The van der Waals surface area contributed by atoms with E-state index in [9.17, 15) is 9.59 Å². The molecule has 1 saturated carbocycles. The molecule has 4 N–H and O–H groups in total. The minimum absolute atomic E-state index is 0.0600. The Balaban J connectivity index is 1.76. The van der Waals surface area contributed by atoms with E-state index >= 15 is 0 Å². The quantitative estimate of drug-likeness (QED) is 0.717. The van der Waals surface area contributed by atoms with Crippen molar-refractivity contribution in [2.75, 3.05) is 19.6 Å². The van der Waals surface area contributed by atoms with Gasteiger partial charge >= 0.3 is 0 Å². The summed E-state index contributed by atoms with van der Waals surface area (Å²) in [5.41, 5.74) is 4.36. The molecule has 1 saturated heterocycles. The van der Waals surface area contributed by atoms with Gasteiger partial charge in [0.2, 0.25) is 11.8 Å². The summed E-state index contributed by atoms with van der Waals surface area (Å²) in [5, 5.41) is 10.6. The van der Waals surface area contributed by atoms with Gasteiger partial charge in [-0.15, -0.1) is 0 Å². The van der Waals surface area contributed by atoms with Crippen LogP contribution in [0, 0.1) is 5.41 Å². The molecule has 2 aliphatic rings. The Bertz CT molecular complexity index is 557. The van der Waals surface area contributed by atoms with E-state index in [0.29, 0.717) is 19.4 Å². The van der Waals surface area contributed by atoms with Gasteiger partial charge in [0.05, 0.1) is 5.41 Å². The Labute approximate surface area is 136 Å². The second-order valence-corrected chi connectivity index (χ2v) is 6.77. The number of primary amides is 1. The Morgan fingerprint density at radius 2 is 1.91 bits per heavy atom. The Morgan fingerprint density at radius 3 is 2.48 bits per heavy atom. The molecule has 1 aromatic heterocycles. The number of piperidine rings is 1. The number of nitrogens with zero attached hydrogens (tertiary/aromatic N) is 2. The highest BCUT2D eigenvalue weighted by atomic mass is 16.2. The molecule has 1 aliphatic heterocycles. The highest BCUT2D eigenvalue weighted by Crippen LogP contribution is 2.37. The molecular formula is C16H25N5O2. The predicted octanol–water partition coefficient (Wildman–Crippen LogP) is 0.124. The van der Waals surface area contributed by atoms with E-state index in [-0.39, 0.29) is 11.8 Å². The Kier molecular flexibility index (Phi) is 4.39. The Morgan fingerprint density at radius 1 is 1.22 bits per heavy atom. The number of nitrogens with two attached hydrogens (primary N) is 1. The van der Waals surface area contributed by atoms with Gasteiger partial charge in [-0.3, -0.25) is 14.3 Å². The molecule has 0 radical (unpaired) electrons. The molecule has 0 aromatic carbocycles. The van der Waals surface area contributed by atoms with Crippen molar-refractivity contribution in [2.45, 2.75) is 44.1 Å². The summed E-state index contributed by atoms with van der Waals surface area (Å²) in [5.74, 6) is -0.357. The van der Waals surface area contributed by atoms with E-state index in [1.165, 1.54) is 0 Å². The first-order chi connectivity index (χ1) is 11.1. The highest BCUT2D eigenvalue weighted by Gasteiger charge is 2.45. The lowest BCUT2D eigenvalue weighted by Gasteiger charge is -2.37. The zero-order valence-corrected chi connectivity index (χ0v) is 13.4. The van der Waals surface area contributed by atoms with E-state index in [0.717, 1.165) is 38.8 Å². The van der Waals surface area contributed by atoms with Gasteiger partial charge in [-0.25, -0.2) is 0 Å². The summed E-state index contributed by atoms with van der Waals surface area (Å²) >= 11 is 0. The van der Waals surface area contributed by atoms with Crippen molar-refractivity contribution in [3.05, 3.63) is 18.5 Å². The van der Waals surface area contributed by atoms with Crippen LogP contribution in [0.3, 0.4) is 0 Å². The average molecular weight is 319 g/mol. The number of carbonyl (C=O) groups excluding carboxylic acids is 2. The molecule has 7 nitrogen and oxygen atoms in total. The SMILES string of the molecule is NC(=O)C1(CNC(=O)C2(n3cccn3)CCNCC2)CCCC1. The van der Waals surface area contributed by atoms with Crippen molar-refractivity contribution in [2.24, 2.45) is 11.1 Å². The van der Waals surface area contributed by atoms with E-state index in [2.05, 4.69) is 15.7 Å². The summed E-state index contributed by atoms with van der Waals surface area (Å²) in [7, 11) is 0. The number of hydrogen-bond acceptors (Lipinski definition) is 4. The molecule has 2 heterocycles. The topological polar surface area (TPSA) is 102 Å². The minimum Gasteiger partial charge on any atom is -0.369 e. The maximum absolute atomic E-state index is 13.0. The van der Waals surface area contributed by atoms with Gasteiger partial charge in [0.1, 0.15) is 5.54 Å². The zero-order chi connectivity index (χ0) is 16.3. The van der Waals surface area contributed by atoms with Crippen LogP contribution in [0.25, 0.3) is 0 Å². The molecule has 0 unspecified atom stereocenters. The third-order valence-electron chi connectivity index (χ3n) is 5.47. The molecular weight excluding hydrogens is 294 g/mol. The molecule has 0 atom stereocenters. The lowest BCUT2D eigenvalue weighted by atomic mass is 9.83. The normalized spacial score (nSPS) is 22.6. The molecule has 126 valence electrons. The van der Waals surface area contributed by atoms with Crippen molar-refractivity contribution >= 4 is 11.8 Å². The van der Waals surface area contributed by atoms with Crippen LogP contribution in [0.1, 0.15) is 38.5 Å². The number of nitrogens with one attached hydrogen (secondary N) is 2. The number of hydrogen-bond donors (Lipinski definition) is 3. The third kappa shape index (κ3) is 2.85. The summed E-state index contributed by atoms with van der Waals surface area (Å²) < 4.78 is 1.76. The fourth-order valence-corrected chi connectivity index (χ4v) is 3.90. The second-order valence-electron chi connectivity index (χ2n) is 6.77. The van der Waals surface area contributed by atoms with Crippen LogP contribution < -0.4 is 16.4 Å². The van der Waals surface area contributed by atoms with Crippen molar-refractivity contribution in [1.82, 2.24) is 20.4 Å². The first-order valence-corrected chi connectivity index (χ1v) is 8.38. The van der Waals surface area contributed by atoms with Gasteiger partial charge in [0.25, 0.3) is 0 Å². The summed E-state index contributed by atoms with van der Waals surface area (Å²) in [6.45, 7) is 1.88. The first kappa shape index (κ1) is 16.0. The van der Waals surface area contributed by atoms with E-state index < -0.39 is 11.0 Å². The van der Waals surface area contributed by atoms with Gasteiger partial charge in [-0.1, -0.05) is 12.8 Å². The third-order valence-corrected chi connectivity index (χ3v) is 5.47. The summed E-state index contributed by atoms with van der Waals surface area (Å²) in [6, 6.07) is 1.83. The molecule has 7 heteroatoms. The number of aromatic nitrogens is 2. The van der Waals surface area contributed by atoms with Crippen molar-refractivity contribution < 1.29 is 9.59 Å². The van der Waals surface area contributed by atoms with Gasteiger partial charge in [0.15, 0.2) is 0 Å². The van der Waals surface area contributed by atoms with Crippen LogP contribution >= 0.6 is 0 Å². The molecule has 0 spiro atoms. The summed E-state index contributed by atoms with van der Waals surface area (Å²) in [4.78, 5) is 24.9. The molecule has 23 heavy (non-hydrogen) atoms. The largest absolute Gasteiger partial charge is 0.369 e. The Hall–Kier alpha value is -1.89. The van der Waals surface area contributed by atoms with Crippen LogP contribution in [0.4, 0.5) is 0 Å². The van der Waals surface area contributed by atoms with Gasteiger partial charge in [-0.05, 0) is 44.8 Å². The minimum atomic E-state index is -0.674. The molecule has 1 aliphatic carbocycles. The van der Waals surface area contributed by atoms with Crippen LogP contribution in [-0.4, -0.2) is 41.2 Å². The second kappa shape index (κ2) is 6.31. The van der Waals surface area contributed by atoms with Gasteiger partial charge in [0, 0.05) is 18.9 Å². The number of carbonyl (C=O) groups is 2. The standard InChI is InChI=1S/C16H25N5O2/c17-13(22)15(4-1-2-5-15)12-19-14(23)16(6-9-18-10-7-16)21-11-3-8-20-21/h3,8,11,18H,1-2,4-7,9-10,12H2,(H2,17,22)(H,19,23). The smallest absolute Gasteiger partial charge is 0.248 e. The van der Waals surface area contributed by atoms with Crippen LogP contribution in [0.15, 0.2) is 18.5 Å². The van der Waals surface area contributed by atoms with Crippen molar-refractivity contribution in [3.63, 3.8) is 0 Å². The monoisotopic (exact) mass is 319 g/mol. The maximum Gasteiger partial charge on any atom is 0.248 e. The van der Waals surface area contributed by atoms with E-state index in [4.69, 9.17) is 5.73 Å². The highest BCUT2D eigenvalue weighted by molar-refractivity contribution is 5.86. The molecule has 1 aromatic rings. The average Bonchev–Trinajstić information content (AvgIpc) is 3.25. The zero-order valence-electron chi connectivity index (χ0n) is 13.4.